The standard InChI is InChI=1S/C11H21NS/c1-9-8-10(2,3)4-5-11(9)12-6-7-13-11/h9,12H,4-8H2,1-3H3. The Morgan fingerprint density at radius 3 is 2.62 bits per heavy atom. The summed E-state index contributed by atoms with van der Waals surface area (Å²) in [4.78, 5) is 0.454. The van der Waals surface area contributed by atoms with E-state index >= 15 is 0 Å². The summed E-state index contributed by atoms with van der Waals surface area (Å²) in [5.74, 6) is 2.15. The molecule has 0 amide bonds. The van der Waals surface area contributed by atoms with Crippen molar-refractivity contribution in [1.82, 2.24) is 5.32 Å². The minimum atomic E-state index is 0.454. The Hall–Kier alpha value is 0.310. The zero-order valence-corrected chi connectivity index (χ0v) is 9.84. The van der Waals surface area contributed by atoms with Gasteiger partial charge < -0.3 is 5.32 Å². The number of nitrogens with one attached hydrogen (secondary N) is 1. The molecule has 2 rings (SSSR count). The Morgan fingerprint density at radius 1 is 1.31 bits per heavy atom. The van der Waals surface area contributed by atoms with Gasteiger partial charge in [0.15, 0.2) is 0 Å². The molecule has 0 radical (unpaired) electrons. The molecule has 1 saturated carbocycles. The quantitative estimate of drug-likeness (QED) is 0.644. The Labute approximate surface area is 86.0 Å². The van der Waals surface area contributed by atoms with Crippen molar-refractivity contribution in [2.45, 2.75) is 44.9 Å². The third kappa shape index (κ3) is 1.75. The molecule has 1 heterocycles. The van der Waals surface area contributed by atoms with Gasteiger partial charge in [0.1, 0.15) is 0 Å². The molecule has 1 spiro atoms. The summed E-state index contributed by atoms with van der Waals surface area (Å²) in [6.45, 7) is 8.47. The van der Waals surface area contributed by atoms with Gasteiger partial charge in [0.25, 0.3) is 0 Å². The first-order chi connectivity index (χ1) is 6.04. The minimum Gasteiger partial charge on any atom is -0.302 e. The predicted octanol–water partition coefficient (Wildman–Crippen LogP) is 2.87. The van der Waals surface area contributed by atoms with Crippen molar-refractivity contribution < 1.29 is 0 Å². The molecule has 2 heteroatoms. The van der Waals surface area contributed by atoms with Crippen LogP contribution in [0.25, 0.3) is 0 Å². The normalized spacial score (nSPS) is 44.1. The molecule has 1 nitrogen and oxygen atoms in total. The summed E-state index contributed by atoms with van der Waals surface area (Å²) < 4.78 is 0. The second-order valence-corrected chi connectivity index (χ2v) is 6.86. The zero-order valence-electron chi connectivity index (χ0n) is 9.02. The van der Waals surface area contributed by atoms with Crippen molar-refractivity contribution in [3.63, 3.8) is 0 Å². The fourth-order valence-electron chi connectivity index (χ4n) is 2.89. The van der Waals surface area contributed by atoms with Crippen molar-refractivity contribution in [3.8, 4) is 0 Å². The van der Waals surface area contributed by atoms with E-state index in [1.165, 1.54) is 31.6 Å². The Balaban J connectivity index is 2.08. The van der Waals surface area contributed by atoms with Crippen LogP contribution in [0.1, 0.15) is 40.0 Å². The highest BCUT2D eigenvalue weighted by molar-refractivity contribution is 8.00. The monoisotopic (exact) mass is 199 g/mol. The average molecular weight is 199 g/mol. The van der Waals surface area contributed by atoms with Gasteiger partial charge in [0.05, 0.1) is 4.87 Å². The van der Waals surface area contributed by atoms with Gasteiger partial charge in [0.2, 0.25) is 0 Å². The summed E-state index contributed by atoms with van der Waals surface area (Å²) in [7, 11) is 0. The first kappa shape index (κ1) is 9.85. The fourth-order valence-corrected chi connectivity index (χ4v) is 4.28. The summed E-state index contributed by atoms with van der Waals surface area (Å²) in [5, 5.41) is 3.72. The molecule has 1 saturated heterocycles. The summed E-state index contributed by atoms with van der Waals surface area (Å²) in [6.07, 6.45) is 4.14. The van der Waals surface area contributed by atoms with Crippen molar-refractivity contribution in [2.75, 3.05) is 12.3 Å². The third-order valence-electron chi connectivity index (χ3n) is 3.71. The average Bonchev–Trinajstić information content (AvgIpc) is 2.47. The van der Waals surface area contributed by atoms with Crippen LogP contribution in [0.4, 0.5) is 0 Å². The lowest BCUT2D eigenvalue weighted by molar-refractivity contribution is 0.136. The van der Waals surface area contributed by atoms with Crippen LogP contribution in [0.5, 0.6) is 0 Å². The maximum absolute atomic E-state index is 3.72. The number of thioether (sulfide) groups is 1. The number of hydrogen-bond acceptors (Lipinski definition) is 2. The van der Waals surface area contributed by atoms with Crippen LogP contribution in [-0.4, -0.2) is 17.2 Å². The maximum Gasteiger partial charge on any atom is 0.0672 e. The lowest BCUT2D eigenvalue weighted by Gasteiger charge is -2.46. The molecule has 2 aliphatic rings. The van der Waals surface area contributed by atoms with Gasteiger partial charge in [-0.2, -0.15) is 0 Å². The Morgan fingerprint density at radius 2 is 2.08 bits per heavy atom. The van der Waals surface area contributed by atoms with E-state index in [2.05, 4.69) is 37.8 Å². The van der Waals surface area contributed by atoms with Crippen LogP contribution in [0, 0.1) is 11.3 Å². The molecule has 1 aliphatic heterocycles. The number of hydrogen-bond donors (Lipinski definition) is 1. The van der Waals surface area contributed by atoms with E-state index < -0.39 is 0 Å². The lowest BCUT2D eigenvalue weighted by atomic mass is 9.70. The fraction of sp³-hybridized carbons (Fsp3) is 1.00. The van der Waals surface area contributed by atoms with Crippen molar-refractivity contribution in [1.29, 1.82) is 0 Å². The molecule has 0 aromatic heterocycles. The molecule has 1 N–H and O–H groups in total. The first-order valence-electron chi connectivity index (χ1n) is 5.43. The van der Waals surface area contributed by atoms with Crippen molar-refractivity contribution >= 4 is 11.8 Å². The van der Waals surface area contributed by atoms with Crippen LogP contribution in [0.3, 0.4) is 0 Å². The highest BCUT2D eigenvalue weighted by atomic mass is 32.2. The molecule has 2 unspecified atom stereocenters. The highest BCUT2D eigenvalue weighted by Crippen LogP contribution is 2.50. The molecular formula is C11H21NS. The number of rotatable bonds is 0. The largest absolute Gasteiger partial charge is 0.302 e. The van der Waals surface area contributed by atoms with Gasteiger partial charge >= 0.3 is 0 Å². The molecule has 0 aromatic rings. The molecule has 76 valence electrons. The minimum absolute atomic E-state index is 0.454. The van der Waals surface area contributed by atoms with E-state index in [1.807, 2.05) is 0 Å². The zero-order chi connectivity index (χ0) is 9.53. The van der Waals surface area contributed by atoms with Crippen molar-refractivity contribution in [3.05, 3.63) is 0 Å². The smallest absolute Gasteiger partial charge is 0.0672 e. The summed E-state index contributed by atoms with van der Waals surface area (Å²) in [6, 6.07) is 0. The third-order valence-corrected chi connectivity index (χ3v) is 5.39. The van der Waals surface area contributed by atoms with Gasteiger partial charge in [-0.3, -0.25) is 0 Å². The highest BCUT2D eigenvalue weighted by Gasteiger charge is 2.45. The molecule has 2 atom stereocenters. The molecule has 0 aromatic carbocycles. The molecule has 0 bridgehead atoms. The van der Waals surface area contributed by atoms with Gasteiger partial charge in [-0.15, -0.1) is 11.8 Å². The van der Waals surface area contributed by atoms with E-state index in [-0.39, 0.29) is 0 Å². The van der Waals surface area contributed by atoms with E-state index in [9.17, 15) is 0 Å². The van der Waals surface area contributed by atoms with Gasteiger partial charge in [-0.05, 0) is 30.6 Å². The first-order valence-corrected chi connectivity index (χ1v) is 6.42. The maximum atomic E-state index is 3.72. The lowest BCUT2D eigenvalue weighted by Crippen LogP contribution is -2.48. The van der Waals surface area contributed by atoms with Crippen LogP contribution in [-0.2, 0) is 0 Å². The molecule has 13 heavy (non-hydrogen) atoms. The van der Waals surface area contributed by atoms with Gasteiger partial charge in [-0.1, -0.05) is 20.8 Å². The molecular weight excluding hydrogens is 178 g/mol. The summed E-state index contributed by atoms with van der Waals surface area (Å²) in [5.41, 5.74) is 0.579. The second kappa shape index (κ2) is 3.16. The van der Waals surface area contributed by atoms with Crippen LogP contribution >= 0.6 is 11.8 Å². The predicted molar refractivity (Wildman–Crippen MR) is 60.0 cm³/mol. The van der Waals surface area contributed by atoms with Gasteiger partial charge in [0, 0.05) is 12.3 Å². The topological polar surface area (TPSA) is 12.0 Å². The SMILES string of the molecule is CC1CC(C)(C)CCC12NCCS2. The van der Waals surface area contributed by atoms with E-state index in [4.69, 9.17) is 0 Å². The Kier molecular flexibility index (Phi) is 2.40. The molecule has 1 aliphatic carbocycles. The van der Waals surface area contributed by atoms with Crippen LogP contribution in [0.15, 0.2) is 0 Å². The summed E-state index contributed by atoms with van der Waals surface area (Å²) >= 11 is 2.16. The van der Waals surface area contributed by atoms with E-state index in [1.54, 1.807) is 0 Å². The Bertz CT molecular complexity index is 194. The second-order valence-electron chi connectivity index (χ2n) is 5.43. The van der Waals surface area contributed by atoms with Crippen LogP contribution < -0.4 is 5.32 Å². The van der Waals surface area contributed by atoms with Crippen LogP contribution in [0.2, 0.25) is 0 Å². The molecule has 2 fully saturated rings. The van der Waals surface area contributed by atoms with Crippen molar-refractivity contribution in [2.24, 2.45) is 11.3 Å². The van der Waals surface area contributed by atoms with Gasteiger partial charge in [-0.25, -0.2) is 0 Å². The van der Waals surface area contributed by atoms with E-state index in [0.717, 1.165) is 5.92 Å². The van der Waals surface area contributed by atoms with E-state index in [0.29, 0.717) is 10.3 Å².